The summed E-state index contributed by atoms with van der Waals surface area (Å²) >= 11 is 0. The summed E-state index contributed by atoms with van der Waals surface area (Å²) in [4.78, 5) is 16.1. The standard InChI is InChI=1S/C11H15N5O/c1-11(2,3)15-10(17)7-6-13-16-5-4-8(12)14-9(7)16/h4-6H,1-3H3,(H2,12,14)(H,15,17). The zero-order chi connectivity index (χ0) is 12.6. The van der Waals surface area contributed by atoms with Gasteiger partial charge in [-0.15, -0.1) is 0 Å². The fourth-order valence-corrected chi connectivity index (χ4v) is 1.45. The van der Waals surface area contributed by atoms with Crippen molar-refractivity contribution >= 4 is 17.4 Å². The van der Waals surface area contributed by atoms with Crippen LogP contribution in [0.3, 0.4) is 0 Å². The van der Waals surface area contributed by atoms with Gasteiger partial charge < -0.3 is 11.1 Å². The van der Waals surface area contributed by atoms with Crippen molar-refractivity contribution in [3.8, 4) is 0 Å². The third-order valence-electron chi connectivity index (χ3n) is 2.12. The molecule has 0 aliphatic carbocycles. The molecule has 17 heavy (non-hydrogen) atoms. The first-order chi connectivity index (χ1) is 7.87. The number of nitrogens with one attached hydrogen (secondary N) is 1. The average molecular weight is 233 g/mol. The molecule has 0 unspecified atom stereocenters. The highest BCUT2D eigenvalue weighted by atomic mass is 16.1. The first kappa shape index (κ1) is 11.4. The Kier molecular flexibility index (Phi) is 2.49. The van der Waals surface area contributed by atoms with Gasteiger partial charge in [0.2, 0.25) is 0 Å². The lowest BCUT2D eigenvalue weighted by Crippen LogP contribution is -2.40. The summed E-state index contributed by atoms with van der Waals surface area (Å²) in [6, 6.07) is 1.63. The Morgan fingerprint density at radius 2 is 2.18 bits per heavy atom. The summed E-state index contributed by atoms with van der Waals surface area (Å²) < 4.78 is 1.52. The molecule has 0 atom stereocenters. The molecule has 0 saturated heterocycles. The van der Waals surface area contributed by atoms with Crippen LogP contribution < -0.4 is 11.1 Å². The summed E-state index contributed by atoms with van der Waals surface area (Å²) in [6.07, 6.45) is 3.16. The molecular weight excluding hydrogens is 218 g/mol. The van der Waals surface area contributed by atoms with Crippen molar-refractivity contribution in [3.05, 3.63) is 24.0 Å². The molecule has 90 valence electrons. The predicted molar refractivity (Wildman–Crippen MR) is 64.6 cm³/mol. The normalized spacial score (nSPS) is 11.7. The number of hydrogen-bond acceptors (Lipinski definition) is 4. The van der Waals surface area contributed by atoms with E-state index in [1.165, 1.54) is 10.7 Å². The van der Waals surface area contributed by atoms with Crippen LogP contribution in [-0.4, -0.2) is 26.0 Å². The first-order valence-electron chi connectivity index (χ1n) is 5.29. The van der Waals surface area contributed by atoms with Gasteiger partial charge in [-0.3, -0.25) is 4.79 Å². The second-order valence-corrected chi connectivity index (χ2v) is 4.88. The van der Waals surface area contributed by atoms with Gasteiger partial charge in [-0.2, -0.15) is 5.10 Å². The number of aromatic nitrogens is 3. The van der Waals surface area contributed by atoms with E-state index in [0.717, 1.165) is 0 Å². The molecule has 0 radical (unpaired) electrons. The second kappa shape index (κ2) is 3.73. The Hall–Kier alpha value is -2.11. The van der Waals surface area contributed by atoms with E-state index in [1.807, 2.05) is 20.8 Å². The van der Waals surface area contributed by atoms with E-state index in [-0.39, 0.29) is 11.4 Å². The Balaban J connectivity index is 2.42. The van der Waals surface area contributed by atoms with E-state index in [2.05, 4.69) is 15.4 Å². The number of fused-ring (bicyclic) bond motifs is 1. The molecule has 2 rings (SSSR count). The van der Waals surface area contributed by atoms with Crippen LogP contribution in [0.25, 0.3) is 5.65 Å². The van der Waals surface area contributed by atoms with Gasteiger partial charge in [0.15, 0.2) is 5.65 Å². The van der Waals surface area contributed by atoms with Gasteiger partial charge >= 0.3 is 0 Å². The van der Waals surface area contributed by atoms with E-state index >= 15 is 0 Å². The van der Waals surface area contributed by atoms with Crippen molar-refractivity contribution < 1.29 is 4.79 Å². The van der Waals surface area contributed by atoms with Gasteiger partial charge in [0, 0.05) is 11.7 Å². The van der Waals surface area contributed by atoms with Gasteiger partial charge in [-0.25, -0.2) is 9.50 Å². The number of nitrogen functional groups attached to an aromatic ring is 1. The Bertz CT molecular complexity index is 567. The zero-order valence-corrected chi connectivity index (χ0v) is 10.1. The molecule has 1 amide bonds. The van der Waals surface area contributed by atoms with E-state index in [1.54, 1.807) is 12.3 Å². The van der Waals surface area contributed by atoms with Crippen molar-refractivity contribution in [1.82, 2.24) is 19.9 Å². The van der Waals surface area contributed by atoms with Crippen LogP contribution in [-0.2, 0) is 0 Å². The molecule has 2 aromatic heterocycles. The third-order valence-corrected chi connectivity index (χ3v) is 2.12. The van der Waals surface area contributed by atoms with Crippen LogP contribution in [0.5, 0.6) is 0 Å². The minimum Gasteiger partial charge on any atom is -0.384 e. The minimum atomic E-state index is -0.300. The van der Waals surface area contributed by atoms with Crippen LogP contribution in [0.15, 0.2) is 18.5 Å². The average Bonchev–Trinajstić information content (AvgIpc) is 2.57. The molecule has 0 spiro atoms. The van der Waals surface area contributed by atoms with E-state index < -0.39 is 0 Å². The lowest BCUT2D eigenvalue weighted by atomic mass is 10.1. The van der Waals surface area contributed by atoms with Crippen molar-refractivity contribution in [2.45, 2.75) is 26.3 Å². The monoisotopic (exact) mass is 233 g/mol. The fourth-order valence-electron chi connectivity index (χ4n) is 1.45. The minimum absolute atomic E-state index is 0.203. The van der Waals surface area contributed by atoms with Crippen LogP contribution in [0.1, 0.15) is 31.1 Å². The molecule has 0 aliphatic rings. The summed E-state index contributed by atoms with van der Waals surface area (Å²) in [5.41, 5.74) is 6.18. The molecule has 6 nitrogen and oxygen atoms in total. The number of amides is 1. The van der Waals surface area contributed by atoms with Gasteiger partial charge in [-0.1, -0.05) is 0 Å². The molecule has 2 aromatic rings. The maximum absolute atomic E-state index is 12.0. The topological polar surface area (TPSA) is 85.3 Å². The number of nitrogens with two attached hydrogens (primary N) is 1. The molecule has 0 aliphatic heterocycles. The fraction of sp³-hybridized carbons (Fsp3) is 0.364. The number of carbonyl (C=O) groups excluding carboxylic acids is 1. The maximum atomic E-state index is 12.0. The number of rotatable bonds is 1. The number of nitrogens with zero attached hydrogens (tertiary/aromatic N) is 3. The molecule has 2 heterocycles. The van der Waals surface area contributed by atoms with Gasteiger partial charge in [0.25, 0.3) is 5.91 Å². The van der Waals surface area contributed by atoms with Crippen LogP contribution in [0.4, 0.5) is 5.82 Å². The van der Waals surface area contributed by atoms with E-state index in [4.69, 9.17) is 5.73 Å². The van der Waals surface area contributed by atoms with Crippen molar-refractivity contribution in [3.63, 3.8) is 0 Å². The van der Waals surface area contributed by atoms with E-state index in [9.17, 15) is 4.79 Å². The van der Waals surface area contributed by atoms with Crippen molar-refractivity contribution in [2.24, 2.45) is 0 Å². The highest BCUT2D eigenvalue weighted by Gasteiger charge is 2.19. The molecule has 0 saturated carbocycles. The molecule has 0 aromatic carbocycles. The zero-order valence-electron chi connectivity index (χ0n) is 10.1. The highest BCUT2D eigenvalue weighted by molar-refractivity contribution is 6.00. The molecule has 0 fully saturated rings. The Labute approximate surface area is 98.8 Å². The number of carbonyl (C=O) groups is 1. The number of anilines is 1. The molecule has 6 heteroatoms. The molecule has 0 bridgehead atoms. The SMILES string of the molecule is CC(C)(C)NC(=O)c1cnn2ccc(N)nc12. The molecule has 3 N–H and O–H groups in total. The summed E-state index contributed by atoms with van der Waals surface area (Å²) in [6.45, 7) is 5.75. The lowest BCUT2D eigenvalue weighted by molar-refractivity contribution is 0.0921. The van der Waals surface area contributed by atoms with Crippen molar-refractivity contribution in [2.75, 3.05) is 5.73 Å². The maximum Gasteiger partial charge on any atom is 0.257 e. The predicted octanol–water partition coefficient (Wildman–Crippen LogP) is 0.840. The third kappa shape index (κ3) is 2.35. The first-order valence-corrected chi connectivity index (χ1v) is 5.29. The van der Waals surface area contributed by atoms with Crippen LogP contribution in [0, 0.1) is 0 Å². The summed E-state index contributed by atoms with van der Waals surface area (Å²) in [5, 5.41) is 6.91. The Morgan fingerprint density at radius 1 is 1.47 bits per heavy atom. The molecular formula is C11H15N5O. The second-order valence-electron chi connectivity index (χ2n) is 4.88. The van der Waals surface area contributed by atoms with Gasteiger partial charge in [-0.05, 0) is 26.8 Å². The van der Waals surface area contributed by atoms with E-state index in [0.29, 0.717) is 17.0 Å². The summed E-state index contributed by atoms with van der Waals surface area (Å²) in [7, 11) is 0. The number of hydrogen-bond donors (Lipinski definition) is 2. The van der Waals surface area contributed by atoms with Gasteiger partial charge in [0.1, 0.15) is 11.4 Å². The quantitative estimate of drug-likeness (QED) is 0.764. The highest BCUT2D eigenvalue weighted by Crippen LogP contribution is 2.11. The van der Waals surface area contributed by atoms with Crippen molar-refractivity contribution in [1.29, 1.82) is 0 Å². The Morgan fingerprint density at radius 3 is 2.82 bits per heavy atom. The van der Waals surface area contributed by atoms with Gasteiger partial charge in [0.05, 0.1) is 6.20 Å². The van der Waals surface area contributed by atoms with Crippen LogP contribution >= 0.6 is 0 Å². The lowest BCUT2D eigenvalue weighted by Gasteiger charge is -2.19. The van der Waals surface area contributed by atoms with Crippen LogP contribution in [0.2, 0.25) is 0 Å². The summed E-state index contributed by atoms with van der Waals surface area (Å²) in [5.74, 6) is 0.161. The largest absolute Gasteiger partial charge is 0.384 e. The smallest absolute Gasteiger partial charge is 0.257 e.